The first-order chi connectivity index (χ1) is 8.31. The quantitative estimate of drug-likeness (QED) is 0.875. The van der Waals surface area contributed by atoms with Crippen LogP contribution in [0.2, 0.25) is 0 Å². The molecule has 2 rings (SSSR count). The molecular weight excluding hydrogens is 253 g/mol. The van der Waals surface area contributed by atoms with E-state index in [2.05, 4.69) is 10.2 Å². The molecule has 0 atom stereocenters. The van der Waals surface area contributed by atoms with Crippen LogP contribution in [0.1, 0.15) is 12.0 Å². The summed E-state index contributed by atoms with van der Waals surface area (Å²) in [6, 6.07) is 5.55. The third-order valence-corrected chi connectivity index (χ3v) is 3.14. The SMILES string of the molecule is Cl.NCCCc1ccc(N2CCNCC2)c(F)c1. The van der Waals surface area contributed by atoms with Crippen molar-refractivity contribution in [2.24, 2.45) is 5.73 Å². The molecule has 1 aromatic rings. The molecule has 0 spiro atoms. The topological polar surface area (TPSA) is 41.3 Å². The van der Waals surface area contributed by atoms with Crippen LogP contribution in [0.5, 0.6) is 0 Å². The van der Waals surface area contributed by atoms with E-state index < -0.39 is 0 Å². The number of hydrogen-bond donors (Lipinski definition) is 2. The third kappa shape index (κ3) is 3.83. The van der Waals surface area contributed by atoms with E-state index in [1.54, 1.807) is 6.07 Å². The highest BCUT2D eigenvalue weighted by atomic mass is 35.5. The fourth-order valence-corrected chi connectivity index (χ4v) is 2.17. The molecule has 0 aliphatic carbocycles. The molecule has 1 fully saturated rings. The summed E-state index contributed by atoms with van der Waals surface area (Å²) in [4.78, 5) is 2.10. The van der Waals surface area contributed by atoms with Gasteiger partial charge in [0.05, 0.1) is 5.69 Å². The molecule has 5 heteroatoms. The minimum absolute atomic E-state index is 0. The first-order valence-electron chi connectivity index (χ1n) is 6.25. The second-order valence-corrected chi connectivity index (χ2v) is 4.42. The second kappa shape index (κ2) is 7.56. The van der Waals surface area contributed by atoms with E-state index in [4.69, 9.17) is 5.73 Å². The molecule has 18 heavy (non-hydrogen) atoms. The number of piperazine rings is 1. The predicted octanol–water partition coefficient (Wildman–Crippen LogP) is 1.55. The van der Waals surface area contributed by atoms with Gasteiger partial charge in [-0.05, 0) is 37.1 Å². The molecule has 1 saturated heterocycles. The van der Waals surface area contributed by atoms with Crippen LogP contribution in [0.3, 0.4) is 0 Å². The fraction of sp³-hybridized carbons (Fsp3) is 0.538. The van der Waals surface area contributed by atoms with Gasteiger partial charge in [-0.25, -0.2) is 4.39 Å². The molecule has 0 amide bonds. The Kier molecular flexibility index (Phi) is 6.39. The van der Waals surface area contributed by atoms with Gasteiger partial charge in [0.2, 0.25) is 0 Å². The maximum absolute atomic E-state index is 14.0. The van der Waals surface area contributed by atoms with Crippen molar-refractivity contribution >= 4 is 18.1 Å². The predicted molar refractivity (Wildman–Crippen MR) is 76.1 cm³/mol. The molecule has 1 aliphatic heterocycles. The van der Waals surface area contributed by atoms with Crippen LogP contribution in [0.15, 0.2) is 18.2 Å². The van der Waals surface area contributed by atoms with Gasteiger partial charge in [0.25, 0.3) is 0 Å². The Balaban J connectivity index is 0.00000162. The van der Waals surface area contributed by atoms with Gasteiger partial charge in [0, 0.05) is 26.2 Å². The maximum atomic E-state index is 14.0. The normalized spacial score (nSPS) is 15.3. The first-order valence-corrected chi connectivity index (χ1v) is 6.25. The van der Waals surface area contributed by atoms with Crippen molar-refractivity contribution in [1.82, 2.24) is 5.32 Å². The smallest absolute Gasteiger partial charge is 0.146 e. The monoisotopic (exact) mass is 273 g/mol. The zero-order valence-electron chi connectivity index (χ0n) is 10.5. The number of benzene rings is 1. The van der Waals surface area contributed by atoms with E-state index in [9.17, 15) is 4.39 Å². The lowest BCUT2D eigenvalue weighted by molar-refractivity contribution is 0.565. The number of rotatable bonds is 4. The number of hydrogen-bond acceptors (Lipinski definition) is 3. The average Bonchev–Trinajstić information content (AvgIpc) is 2.37. The second-order valence-electron chi connectivity index (χ2n) is 4.42. The number of nitrogens with one attached hydrogen (secondary N) is 1. The summed E-state index contributed by atoms with van der Waals surface area (Å²) in [7, 11) is 0. The van der Waals surface area contributed by atoms with Gasteiger partial charge >= 0.3 is 0 Å². The van der Waals surface area contributed by atoms with Crippen LogP contribution in [-0.4, -0.2) is 32.7 Å². The summed E-state index contributed by atoms with van der Waals surface area (Å²) >= 11 is 0. The lowest BCUT2D eigenvalue weighted by Gasteiger charge is -2.29. The summed E-state index contributed by atoms with van der Waals surface area (Å²) in [5.74, 6) is -0.110. The van der Waals surface area contributed by atoms with E-state index in [0.29, 0.717) is 6.54 Å². The Hall–Kier alpha value is -0.840. The molecule has 1 aromatic carbocycles. The fourth-order valence-electron chi connectivity index (χ4n) is 2.17. The lowest BCUT2D eigenvalue weighted by atomic mass is 10.1. The molecule has 0 aromatic heterocycles. The molecule has 0 bridgehead atoms. The van der Waals surface area contributed by atoms with Crippen LogP contribution >= 0.6 is 12.4 Å². The Labute approximate surface area is 114 Å². The van der Waals surface area contributed by atoms with Crippen LogP contribution in [-0.2, 0) is 6.42 Å². The molecule has 0 saturated carbocycles. The van der Waals surface area contributed by atoms with E-state index in [-0.39, 0.29) is 18.2 Å². The van der Waals surface area contributed by atoms with Crippen molar-refractivity contribution in [3.8, 4) is 0 Å². The molecule has 3 N–H and O–H groups in total. The minimum atomic E-state index is -0.110. The lowest BCUT2D eigenvalue weighted by Crippen LogP contribution is -2.43. The molecule has 1 aliphatic rings. The molecule has 102 valence electrons. The molecule has 1 heterocycles. The van der Waals surface area contributed by atoms with Crippen molar-refractivity contribution in [3.63, 3.8) is 0 Å². The third-order valence-electron chi connectivity index (χ3n) is 3.14. The average molecular weight is 274 g/mol. The molecule has 0 radical (unpaired) electrons. The summed E-state index contributed by atoms with van der Waals surface area (Å²) < 4.78 is 14.0. The van der Waals surface area contributed by atoms with Crippen molar-refractivity contribution in [1.29, 1.82) is 0 Å². The minimum Gasteiger partial charge on any atom is -0.367 e. The number of anilines is 1. The first kappa shape index (κ1) is 15.2. The number of halogens is 2. The van der Waals surface area contributed by atoms with Crippen molar-refractivity contribution in [2.45, 2.75) is 12.8 Å². The van der Waals surface area contributed by atoms with Crippen LogP contribution < -0.4 is 16.0 Å². The number of nitrogens with two attached hydrogens (primary N) is 1. The Morgan fingerprint density at radius 2 is 2.00 bits per heavy atom. The summed E-state index contributed by atoms with van der Waals surface area (Å²) in [6.45, 7) is 4.25. The standard InChI is InChI=1S/C13H20FN3.ClH/c14-12-10-11(2-1-5-15)3-4-13(12)17-8-6-16-7-9-17;/h3-4,10,16H,1-2,5-9,15H2;1H. The van der Waals surface area contributed by atoms with Gasteiger partial charge in [-0.3, -0.25) is 0 Å². The van der Waals surface area contributed by atoms with E-state index >= 15 is 0 Å². The van der Waals surface area contributed by atoms with Crippen LogP contribution in [0, 0.1) is 5.82 Å². The number of nitrogens with zero attached hydrogens (tertiary/aromatic N) is 1. The highest BCUT2D eigenvalue weighted by Crippen LogP contribution is 2.21. The Bertz CT molecular complexity index is 367. The zero-order valence-corrected chi connectivity index (χ0v) is 11.3. The molecule has 3 nitrogen and oxygen atoms in total. The van der Waals surface area contributed by atoms with E-state index in [1.165, 1.54) is 0 Å². The summed E-state index contributed by atoms with van der Waals surface area (Å²) in [6.07, 6.45) is 1.77. The largest absolute Gasteiger partial charge is 0.367 e. The van der Waals surface area contributed by atoms with Crippen molar-refractivity contribution in [3.05, 3.63) is 29.6 Å². The van der Waals surface area contributed by atoms with Gasteiger partial charge in [0.15, 0.2) is 0 Å². The van der Waals surface area contributed by atoms with Gasteiger partial charge < -0.3 is 16.0 Å². The van der Waals surface area contributed by atoms with Crippen LogP contribution in [0.25, 0.3) is 0 Å². The van der Waals surface area contributed by atoms with Gasteiger partial charge in [-0.15, -0.1) is 12.4 Å². The van der Waals surface area contributed by atoms with E-state index in [0.717, 1.165) is 50.3 Å². The maximum Gasteiger partial charge on any atom is 0.146 e. The molecular formula is C13H21ClFN3. The van der Waals surface area contributed by atoms with Gasteiger partial charge in [0.1, 0.15) is 5.82 Å². The van der Waals surface area contributed by atoms with Gasteiger partial charge in [-0.2, -0.15) is 0 Å². The highest BCUT2D eigenvalue weighted by molar-refractivity contribution is 5.85. The molecule has 0 unspecified atom stereocenters. The van der Waals surface area contributed by atoms with Crippen molar-refractivity contribution in [2.75, 3.05) is 37.6 Å². The zero-order chi connectivity index (χ0) is 12.1. The highest BCUT2D eigenvalue weighted by Gasteiger charge is 2.14. The number of aryl methyl sites for hydroxylation is 1. The van der Waals surface area contributed by atoms with Crippen molar-refractivity contribution < 1.29 is 4.39 Å². The Morgan fingerprint density at radius 1 is 1.28 bits per heavy atom. The van der Waals surface area contributed by atoms with E-state index in [1.807, 2.05) is 12.1 Å². The summed E-state index contributed by atoms with van der Waals surface area (Å²) in [5, 5.41) is 3.27. The van der Waals surface area contributed by atoms with Crippen LogP contribution in [0.4, 0.5) is 10.1 Å². The summed E-state index contributed by atoms with van der Waals surface area (Å²) in [5.41, 5.74) is 7.21. The van der Waals surface area contributed by atoms with Gasteiger partial charge in [-0.1, -0.05) is 6.07 Å². The Morgan fingerprint density at radius 3 is 2.61 bits per heavy atom.